The van der Waals surface area contributed by atoms with Gasteiger partial charge >= 0.3 is 0 Å². The highest BCUT2D eigenvalue weighted by atomic mass is 16.2. The van der Waals surface area contributed by atoms with Gasteiger partial charge in [0.05, 0.1) is 11.7 Å². The number of hydrogen-bond acceptors (Lipinski definition) is 5. The Balaban J connectivity index is 1.59. The lowest BCUT2D eigenvalue weighted by molar-refractivity contribution is 0.0727. The fourth-order valence-corrected chi connectivity index (χ4v) is 4.05. The van der Waals surface area contributed by atoms with Crippen LogP contribution in [-0.4, -0.2) is 65.4 Å². The second-order valence-electron chi connectivity index (χ2n) is 7.55. The van der Waals surface area contributed by atoms with Crippen LogP contribution in [0.3, 0.4) is 0 Å². The molecule has 0 bridgehead atoms. The molecular formula is C21H27N5O. The largest absolute Gasteiger partial charge is 0.369 e. The second kappa shape index (κ2) is 7.64. The Kier molecular flexibility index (Phi) is 5.07. The average Bonchev–Trinajstić information content (AvgIpc) is 3.18. The van der Waals surface area contributed by atoms with Crippen LogP contribution in [-0.2, 0) is 0 Å². The monoisotopic (exact) mass is 365 g/mol. The van der Waals surface area contributed by atoms with Gasteiger partial charge < -0.3 is 14.7 Å². The molecule has 2 aliphatic heterocycles. The Bertz CT molecular complexity index is 801. The molecule has 1 amide bonds. The Labute approximate surface area is 160 Å². The summed E-state index contributed by atoms with van der Waals surface area (Å²) in [5, 5.41) is 0. The van der Waals surface area contributed by atoms with Crippen LogP contribution in [0.5, 0.6) is 0 Å². The quantitative estimate of drug-likeness (QED) is 0.837. The summed E-state index contributed by atoms with van der Waals surface area (Å²) in [4.78, 5) is 28.7. The highest BCUT2D eigenvalue weighted by Crippen LogP contribution is 2.34. The summed E-state index contributed by atoms with van der Waals surface area (Å²) < 4.78 is 0. The summed E-state index contributed by atoms with van der Waals surface area (Å²) in [5.74, 6) is 0.00236. The van der Waals surface area contributed by atoms with E-state index in [-0.39, 0.29) is 11.9 Å². The van der Waals surface area contributed by atoms with E-state index in [1.54, 1.807) is 12.3 Å². The molecule has 0 radical (unpaired) electrons. The number of aryl methyl sites for hydroxylation is 1. The van der Waals surface area contributed by atoms with Crippen LogP contribution in [0, 0.1) is 6.92 Å². The molecule has 4 heterocycles. The standard InChI is InChI=1S/C21H27N5O/c1-16-14-17(25-12-10-24(2)11-13-25)15-19(23-16)20-7-5-9-26(20)21(27)18-6-3-4-8-22-18/h3-4,6,8,14-15,20H,5,7,9-13H2,1-2H3. The van der Waals surface area contributed by atoms with Crippen molar-refractivity contribution in [3.63, 3.8) is 0 Å². The van der Waals surface area contributed by atoms with E-state index in [0.717, 1.165) is 57.0 Å². The molecule has 1 unspecified atom stereocenters. The van der Waals surface area contributed by atoms with Crippen LogP contribution in [0.15, 0.2) is 36.5 Å². The maximum Gasteiger partial charge on any atom is 0.273 e. The molecule has 0 aromatic carbocycles. The zero-order valence-corrected chi connectivity index (χ0v) is 16.1. The maximum absolute atomic E-state index is 13.0. The van der Waals surface area contributed by atoms with Crippen LogP contribution >= 0.6 is 0 Å². The molecule has 2 aromatic heterocycles. The average molecular weight is 365 g/mol. The minimum Gasteiger partial charge on any atom is -0.369 e. The number of pyridine rings is 2. The van der Waals surface area contributed by atoms with E-state index >= 15 is 0 Å². The Morgan fingerprint density at radius 3 is 2.67 bits per heavy atom. The Morgan fingerprint density at radius 1 is 1.11 bits per heavy atom. The van der Waals surface area contributed by atoms with Crippen LogP contribution in [0.4, 0.5) is 5.69 Å². The first-order chi connectivity index (χ1) is 13.1. The topological polar surface area (TPSA) is 52.6 Å². The third-order valence-electron chi connectivity index (χ3n) is 5.57. The van der Waals surface area contributed by atoms with Gasteiger partial charge in [-0.1, -0.05) is 6.07 Å². The van der Waals surface area contributed by atoms with E-state index in [0.29, 0.717) is 5.69 Å². The fourth-order valence-electron chi connectivity index (χ4n) is 4.05. The fraction of sp³-hybridized carbons (Fsp3) is 0.476. The molecule has 2 saturated heterocycles. The van der Waals surface area contributed by atoms with Gasteiger partial charge in [-0.3, -0.25) is 14.8 Å². The predicted octanol–water partition coefficient (Wildman–Crippen LogP) is 2.51. The van der Waals surface area contributed by atoms with Crippen molar-refractivity contribution in [2.45, 2.75) is 25.8 Å². The smallest absolute Gasteiger partial charge is 0.273 e. The number of likely N-dealkylation sites (tertiary alicyclic amines) is 1. The molecule has 1 atom stereocenters. The first-order valence-corrected chi connectivity index (χ1v) is 9.76. The van der Waals surface area contributed by atoms with Gasteiger partial charge in [-0.15, -0.1) is 0 Å². The van der Waals surface area contributed by atoms with Gasteiger partial charge in [0.15, 0.2) is 0 Å². The van der Waals surface area contributed by atoms with Gasteiger partial charge in [-0.05, 0) is 51.1 Å². The number of rotatable bonds is 3. The number of anilines is 1. The van der Waals surface area contributed by atoms with Gasteiger partial charge in [-0.25, -0.2) is 0 Å². The molecule has 142 valence electrons. The van der Waals surface area contributed by atoms with Gasteiger partial charge in [-0.2, -0.15) is 0 Å². The van der Waals surface area contributed by atoms with Gasteiger partial charge in [0.25, 0.3) is 5.91 Å². The lowest BCUT2D eigenvalue weighted by Crippen LogP contribution is -2.44. The number of carbonyl (C=O) groups is 1. The summed E-state index contributed by atoms with van der Waals surface area (Å²) in [6, 6.07) is 9.87. The van der Waals surface area contributed by atoms with Crippen molar-refractivity contribution in [1.29, 1.82) is 0 Å². The molecule has 27 heavy (non-hydrogen) atoms. The van der Waals surface area contributed by atoms with Crippen molar-refractivity contribution in [3.05, 3.63) is 53.6 Å². The lowest BCUT2D eigenvalue weighted by atomic mass is 10.1. The molecule has 2 fully saturated rings. The SMILES string of the molecule is Cc1cc(N2CCN(C)CC2)cc(C2CCCN2C(=O)c2ccccn2)n1. The minimum atomic E-state index is 0.00236. The zero-order chi connectivity index (χ0) is 18.8. The number of amides is 1. The number of aromatic nitrogens is 2. The van der Waals surface area contributed by atoms with Crippen LogP contribution in [0.1, 0.15) is 40.8 Å². The van der Waals surface area contributed by atoms with Crippen molar-refractivity contribution in [3.8, 4) is 0 Å². The summed E-state index contributed by atoms with van der Waals surface area (Å²) >= 11 is 0. The summed E-state index contributed by atoms with van der Waals surface area (Å²) in [6.07, 6.45) is 3.63. The molecule has 6 heteroatoms. The number of carbonyl (C=O) groups excluding carboxylic acids is 1. The lowest BCUT2D eigenvalue weighted by Gasteiger charge is -2.34. The highest BCUT2D eigenvalue weighted by molar-refractivity contribution is 5.92. The van der Waals surface area contributed by atoms with E-state index in [1.165, 1.54) is 5.69 Å². The summed E-state index contributed by atoms with van der Waals surface area (Å²) in [6.45, 7) is 7.01. The number of piperazine rings is 1. The number of nitrogens with zero attached hydrogens (tertiary/aromatic N) is 5. The van der Waals surface area contributed by atoms with E-state index in [9.17, 15) is 4.79 Å². The number of hydrogen-bond donors (Lipinski definition) is 0. The normalized spacial score (nSPS) is 20.9. The molecule has 0 spiro atoms. The van der Waals surface area contributed by atoms with E-state index in [4.69, 9.17) is 4.98 Å². The van der Waals surface area contributed by atoms with Crippen molar-refractivity contribution in [2.75, 3.05) is 44.7 Å². The van der Waals surface area contributed by atoms with Crippen LogP contribution in [0.2, 0.25) is 0 Å². The maximum atomic E-state index is 13.0. The van der Waals surface area contributed by atoms with Crippen molar-refractivity contribution >= 4 is 11.6 Å². The van der Waals surface area contributed by atoms with Crippen molar-refractivity contribution in [2.24, 2.45) is 0 Å². The number of likely N-dealkylation sites (N-methyl/N-ethyl adjacent to an activating group) is 1. The third kappa shape index (κ3) is 3.81. The van der Waals surface area contributed by atoms with E-state index < -0.39 is 0 Å². The van der Waals surface area contributed by atoms with Crippen molar-refractivity contribution in [1.82, 2.24) is 19.8 Å². The zero-order valence-electron chi connectivity index (χ0n) is 16.1. The van der Waals surface area contributed by atoms with Gasteiger partial charge in [0, 0.05) is 50.3 Å². The Hall–Kier alpha value is -2.47. The summed E-state index contributed by atoms with van der Waals surface area (Å²) in [5.41, 5.74) is 3.75. The third-order valence-corrected chi connectivity index (χ3v) is 5.57. The molecule has 4 rings (SSSR count). The summed E-state index contributed by atoms with van der Waals surface area (Å²) in [7, 11) is 2.17. The minimum absolute atomic E-state index is 0.00236. The predicted molar refractivity (Wildman–Crippen MR) is 106 cm³/mol. The molecular weight excluding hydrogens is 338 g/mol. The molecule has 0 saturated carbocycles. The van der Waals surface area contributed by atoms with E-state index in [1.807, 2.05) is 24.0 Å². The first-order valence-electron chi connectivity index (χ1n) is 9.76. The van der Waals surface area contributed by atoms with Crippen molar-refractivity contribution < 1.29 is 4.79 Å². The molecule has 2 aromatic rings. The Morgan fingerprint density at radius 2 is 1.93 bits per heavy atom. The first kappa shape index (κ1) is 17.9. The highest BCUT2D eigenvalue weighted by Gasteiger charge is 2.32. The second-order valence-corrected chi connectivity index (χ2v) is 7.55. The molecule has 0 aliphatic carbocycles. The molecule has 6 nitrogen and oxygen atoms in total. The van der Waals surface area contributed by atoms with Crippen LogP contribution < -0.4 is 4.90 Å². The van der Waals surface area contributed by atoms with Gasteiger partial charge in [0.1, 0.15) is 5.69 Å². The van der Waals surface area contributed by atoms with E-state index in [2.05, 4.69) is 34.0 Å². The molecule has 2 aliphatic rings. The van der Waals surface area contributed by atoms with Crippen LogP contribution in [0.25, 0.3) is 0 Å². The van der Waals surface area contributed by atoms with Gasteiger partial charge in [0.2, 0.25) is 0 Å². The molecule has 0 N–H and O–H groups in total.